The average Bonchev–Trinajstić information content (AvgIpc) is 2.52. The zero-order valence-electron chi connectivity index (χ0n) is 13.7. The monoisotopic (exact) mass is 323 g/mol. The van der Waals surface area contributed by atoms with Gasteiger partial charge in [-0.2, -0.15) is 0 Å². The van der Waals surface area contributed by atoms with Crippen LogP contribution in [-0.2, 0) is 4.79 Å². The molecule has 4 nitrogen and oxygen atoms in total. The quantitative estimate of drug-likeness (QED) is 0.905. The third-order valence-electron chi connectivity index (χ3n) is 4.38. The molecule has 1 saturated heterocycles. The number of benzene rings is 1. The highest BCUT2D eigenvalue weighted by Crippen LogP contribution is 2.20. The molecule has 1 fully saturated rings. The Morgan fingerprint density at radius 2 is 1.91 bits per heavy atom. The largest absolute Gasteiger partial charge is 0.368 e. The van der Waals surface area contributed by atoms with Gasteiger partial charge in [-0.15, -0.1) is 0 Å². The number of anilines is 1. The molecule has 122 valence electrons. The highest BCUT2D eigenvalue weighted by molar-refractivity contribution is 6.30. The van der Waals surface area contributed by atoms with Gasteiger partial charge in [0.25, 0.3) is 0 Å². The zero-order chi connectivity index (χ0) is 16.1. The lowest BCUT2D eigenvalue weighted by Gasteiger charge is -2.36. The number of nitrogens with zero attached hydrogens (tertiary/aromatic N) is 2. The fourth-order valence-corrected chi connectivity index (χ4v) is 2.67. The van der Waals surface area contributed by atoms with Gasteiger partial charge in [-0.05, 0) is 31.0 Å². The van der Waals surface area contributed by atoms with E-state index in [-0.39, 0.29) is 5.91 Å². The summed E-state index contributed by atoms with van der Waals surface area (Å²) in [5, 5.41) is 4.06. The summed E-state index contributed by atoms with van der Waals surface area (Å²) in [6.45, 7) is 10.1. The van der Waals surface area contributed by atoms with Crippen molar-refractivity contribution in [3.63, 3.8) is 0 Å². The van der Waals surface area contributed by atoms with Gasteiger partial charge < -0.3 is 15.1 Å². The van der Waals surface area contributed by atoms with Gasteiger partial charge in [0.05, 0.1) is 6.54 Å². The molecule has 1 aromatic carbocycles. The van der Waals surface area contributed by atoms with E-state index in [1.54, 1.807) is 0 Å². The summed E-state index contributed by atoms with van der Waals surface area (Å²) in [4.78, 5) is 16.5. The van der Waals surface area contributed by atoms with Gasteiger partial charge in [0.1, 0.15) is 0 Å². The van der Waals surface area contributed by atoms with E-state index >= 15 is 0 Å². The molecule has 0 spiro atoms. The SMILES string of the molecule is CC(C)C(C)NCC(=O)N1CCN(c2cccc(Cl)c2)CC1. The molecule has 1 unspecified atom stereocenters. The maximum atomic E-state index is 12.2. The summed E-state index contributed by atoms with van der Waals surface area (Å²) in [6, 6.07) is 8.25. The summed E-state index contributed by atoms with van der Waals surface area (Å²) >= 11 is 6.04. The number of hydrogen-bond donors (Lipinski definition) is 1. The number of amides is 1. The zero-order valence-corrected chi connectivity index (χ0v) is 14.4. The van der Waals surface area contributed by atoms with Crippen LogP contribution in [0, 0.1) is 5.92 Å². The minimum Gasteiger partial charge on any atom is -0.368 e. The average molecular weight is 324 g/mol. The molecule has 2 rings (SSSR count). The van der Waals surface area contributed by atoms with Crippen molar-refractivity contribution in [1.29, 1.82) is 0 Å². The molecular formula is C17H26ClN3O. The molecule has 1 atom stereocenters. The summed E-state index contributed by atoms with van der Waals surface area (Å²) in [7, 11) is 0. The van der Waals surface area contributed by atoms with Crippen molar-refractivity contribution in [2.24, 2.45) is 5.92 Å². The van der Waals surface area contributed by atoms with Crippen LogP contribution >= 0.6 is 11.6 Å². The van der Waals surface area contributed by atoms with E-state index in [1.165, 1.54) is 0 Å². The van der Waals surface area contributed by atoms with Crippen LogP contribution in [0.1, 0.15) is 20.8 Å². The van der Waals surface area contributed by atoms with Crippen LogP contribution in [0.2, 0.25) is 5.02 Å². The van der Waals surface area contributed by atoms with Gasteiger partial charge in [0.15, 0.2) is 0 Å². The topological polar surface area (TPSA) is 35.6 Å². The Morgan fingerprint density at radius 3 is 2.50 bits per heavy atom. The van der Waals surface area contributed by atoms with E-state index < -0.39 is 0 Å². The molecule has 0 aliphatic carbocycles. The van der Waals surface area contributed by atoms with Gasteiger partial charge in [0.2, 0.25) is 5.91 Å². The molecule has 0 saturated carbocycles. The van der Waals surface area contributed by atoms with Crippen LogP contribution in [0.15, 0.2) is 24.3 Å². The van der Waals surface area contributed by atoms with Crippen LogP contribution in [-0.4, -0.2) is 49.6 Å². The fraction of sp³-hybridized carbons (Fsp3) is 0.588. The predicted molar refractivity (Wildman–Crippen MR) is 92.5 cm³/mol. The van der Waals surface area contributed by atoms with Crippen molar-refractivity contribution in [2.45, 2.75) is 26.8 Å². The first-order chi connectivity index (χ1) is 10.5. The number of hydrogen-bond acceptors (Lipinski definition) is 3. The molecule has 0 bridgehead atoms. The predicted octanol–water partition coefficient (Wildman–Crippen LogP) is 2.62. The Morgan fingerprint density at radius 1 is 1.23 bits per heavy atom. The molecule has 1 N–H and O–H groups in total. The molecule has 1 amide bonds. The van der Waals surface area contributed by atoms with Crippen LogP contribution < -0.4 is 10.2 Å². The third kappa shape index (κ3) is 4.62. The van der Waals surface area contributed by atoms with Crippen LogP contribution in [0.5, 0.6) is 0 Å². The van der Waals surface area contributed by atoms with Crippen molar-refractivity contribution >= 4 is 23.2 Å². The lowest BCUT2D eigenvalue weighted by atomic mass is 10.1. The fourth-order valence-electron chi connectivity index (χ4n) is 2.48. The highest BCUT2D eigenvalue weighted by atomic mass is 35.5. The maximum Gasteiger partial charge on any atom is 0.236 e. The van der Waals surface area contributed by atoms with Crippen LogP contribution in [0.3, 0.4) is 0 Å². The van der Waals surface area contributed by atoms with Gasteiger partial charge in [0, 0.05) is 42.9 Å². The Balaban J connectivity index is 1.80. The normalized spacial score (nSPS) is 17.0. The number of nitrogens with one attached hydrogen (secondary N) is 1. The van der Waals surface area contributed by atoms with E-state index in [4.69, 9.17) is 11.6 Å². The van der Waals surface area contributed by atoms with E-state index in [0.717, 1.165) is 36.9 Å². The second kappa shape index (κ2) is 7.84. The van der Waals surface area contributed by atoms with Crippen molar-refractivity contribution in [2.75, 3.05) is 37.6 Å². The summed E-state index contributed by atoms with van der Waals surface area (Å²) in [6.07, 6.45) is 0. The highest BCUT2D eigenvalue weighted by Gasteiger charge is 2.21. The van der Waals surface area contributed by atoms with Gasteiger partial charge in [-0.25, -0.2) is 0 Å². The Kier molecular flexibility index (Phi) is 6.09. The Labute approximate surface area is 138 Å². The smallest absolute Gasteiger partial charge is 0.236 e. The second-order valence-electron chi connectivity index (χ2n) is 6.26. The van der Waals surface area contributed by atoms with Gasteiger partial charge in [-0.3, -0.25) is 4.79 Å². The first-order valence-electron chi connectivity index (χ1n) is 7.99. The molecular weight excluding hydrogens is 298 g/mol. The maximum absolute atomic E-state index is 12.2. The Hall–Kier alpha value is -1.26. The third-order valence-corrected chi connectivity index (χ3v) is 4.62. The molecule has 0 radical (unpaired) electrons. The van der Waals surface area contributed by atoms with Crippen molar-refractivity contribution in [3.8, 4) is 0 Å². The van der Waals surface area contributed by atoms with Gasteiger partial charge in [-0.1, -0.05) is 31.5 Å². The minimum absolute atomic E-state index is 0.193. The van der Waals surface area contributed by atoms with Crippen molar-refractivity contribution in [1.82, 2.24) is 10.2 Å². The van der Waals surface area contributed by atoms with E-state index in [1.807, 2.05) is 23.1 Å². The van der Waals surface area contributed by atoms with E-state index in [0.29, 0.717) is 18.5 Å². The Bertz CT molecular complexity index is 498. The summed E-state index contributed by atoms with van der Waals surface area (Å²) < 4.78 is 0. The van der Waals surface area contributed by atoms with E-state index in [2.05, 4.69) is 37.1 Å². The minimum atomic E-state index is 0.193. The number of carbonyl (C=O) groups excluding carboxylic acids is 1. The van der Waals surface area contributed by atoms with Crippen LogP contribution in [0.4, 0.5) is 5.69 Å². The van der Waals surface area contributed by atoms with Crippen molar-refractivity contribution in [3.05, 3.63) is 29.3 Å². The molecule has 1 heterocycles. The molecule has 0 aromatic heterocycles. The molecule has 1 aliphatic heterocycles. The van der Waals surface area contributed by atoms with E-state index in [9.17, 15) is 4.79 Å². The molecule has 22 heavy (non-hydrogen) atoms. The first-order valence-corrected chi connectivity index (χ1v) is 8.37. The summed E-state index contributed by atoms with van der Waals surface area (Å²) in [5.74, 6) is 0.728. The van der Waals surface area contributed by atoms with Crippen LogP contribution in [0.25, 0.3) is 0 Å². The standard InChI is InChI=1S/C17H26ClN3O/c1-13(2)14(3)19-12-17(22)21-9-7-20(8-10-21)16-6-4-5-15(18)11-16/h4-6,11,13-14,19H,7-10,12H2,1-3H3. The van der Waals surface area contributed by atoms with Crippen molar-refractivity contribution < 1.29 is 4.79 Å². The summed E-state index contributed by atoms with van der Waals surface area (Å²) in [5.41, 5.74) is 1.13. The number of piperazine rings is 1. The second-order valence-corrected chi connectivity index (χ2v) is 6.70. The number of halogens is 1. The molecule has 5 heteroatoms. The number of rotatable bonds is 5. The van der Waals surface area contributed by atoms with Gasteiger partial charge >= 0.3 is 0 Å². The number of carbonyl (C=O) groups is 1. The lowest BCUT2D eigenvalue weighted by molar-refractivity contribution is -0.130. The molecule has 1 aromatic rings. The first kappa shape index (κ1) is 17.1. The molecule has 1 aliphatic rings. The lowest BCUT2D eigenvalue weighted by Crippen LogP contribution is -2.51.